The first-order valence-corrected chi connectivity index (χ1v) is 4.36. The second-order valence-corrected chi connectivity index (χ2v) is 3.37. The molecule has 0 atom stereocenters. The van der Waals surface area contributed by atoms with Gasteiger partial charge in [0.15, 0.2) is 0 Å². The van der Waals surface area contributed by atoms with Crippen LogP contribution in [0.1, 0.15) is 10.4 Å². The lowest BCUT2D eigenvalue weighted by Gasteiger charge is -2.10. The number of nitrogens with zero attached hydrogens (tertiary/aromatic N) is 1. The van der Waals surface area contributed by atoms with Crippen LogP contribution in [0.15, 0.2) is 35.1 Å². The van der Waals surface area contributed by atoms with Crippen molar-refractivity contribution in [3.05, 3.63) is 36.3 Å². The first-order valence-electron chi connectivity index (χ1n) is 4.36. The molecule has 2 aliphatic rings. The van der Waals surface area contributed by atoms with Gasteiger partial charge in [-0.1, -0.05) is 6.07 Å². The van der Waals surface area contributed by atoms with E-state index in [1.807, 2.05) is 18.2 Å². The summed E-state index contributed by atoms with van der Waals surface area (Å²) < 4.78 is 5.05. The molecule has 1 aliphatic heterocycles. The normalized spacial score (nSPS) is 10.4. The summed E-state index contributed by atoms with van der Waals surface area (Å²) in [6, 6.07) is 5.59. The van der Waals surface area contributed by atoms with Crippen molar-refractivity contribution in [1.29, 1.82) is 0 Å². The standard InChI is InChI=1S/C11H11NO2/c1-12(2)11(13)9-4-3-8-5-6-14-7-10(8)9/h3-7H,1-2H3. The Morgan fingerprint density at radius 3 is 2.79 bits per heavy atom. The fourth-order valence-corrected chi connectivity index (χ4v) is 1.43. The van der Waals surface area contributed by atoms with Crippen LogP contribution in [0.5, 0.6) is 0 Å². The minimum atomic E-state index is 0.00130. The summed E-state index contributed by atoms with van der Waals surface area (Å²) in [4.78, 5) is 13.3. The van der Waals surface area contributed by atoms with Crippen LogP contribution in [0.25, 0.3) is 11.1 Å². The van der Waals surface area contributed by atoms with E-state index in [1.54, 1.807) is 31.5 Å². The van der Waals surface area contributed by atoms with Gasteiger partial charge in [-0.15, -0.1) is 0 Å². The van der Waals surface area contributed by atoms with Crippen molar-refractivity contribution in [2.24, 2.45) is 0 Å². The maximum absolute atomic E-state index is 11.7. The average molecular weight is 189 g/mol. The van der Waals surface area contributed by atoms with Gasteiger partial charge in [0, 0.05) is 19.7 Å². The minimum Gasteiger partial charge on any atom is -0.472 e. The van der Waals surface area contributed by atoms with Crippen molar-refractivity contribution in [2.75, 3.05) is 14.1 Å². The van der Waals surface area contributed by atoms with E-state index in [0.29, 0.717) is 5.56 Å². The largest absolute Gasteiger partial charge is 0.472 e. The molecule has 0 radical (unpaired) electrons. The molecule has 14 heavy (non-hydrogen) atoms. The van der Waals surface area contributed by atoms with Gasteiger partial charge in [0.25, 0.3) is 5.91 Å². The quantitative estimate of drug-likeness (QED) is 0.688. The van der Waals surface area contributed by atoms with Gasteiger partial charge < -0.3 is 9.32 Å². The molecule has 0 aromatic heterocycles. The van der Waals surface area contributed by atoms with Gasteiger partial charge in [0.2, 0.25) is 0 Å². The van der Waals surface area contributed by atoms with Crippen molar-refractivity contribution in [3.63, 3.8) is 0 Å². The van der Waals surface area contributed by atoms with Crippen LogP contribution in [0, 0.1) is 0 Å². The lowest BCUT2D eigenvalue weighted by atomic mass is 10.1. The van der Waals surface area contributed by atoms with Gasteiger partial charge in [-0.2, -0.15) is 0 Å². The Balaban J connectivity index is 2.50. The van der Waals surface area contributed by atoms with Crippen LogP contribution in [-0.2, 0) is 0 Å². The number of carbonyl (C=O) groups excluding carboxylic acids is 1. The summed E-state index contributed by atoms with van der Waals surface area (Å²) >= 11 is 0. The number of rotatable bonds is 1. The second kappa shape index (κ2) is 3.18. The van der Waals surface area contributed by atoms with Gasteiger partial charge >= 0.3 is 0 Å². The maximum Gasteiger partial charge on any atom is 0.254 e. The molecule has 3 nitrogen and oxygen atoms in total. The zero-order valence-electron chi connectivity index (χ0n) is 8.15. The van der Waals surface area contributed by atoms with E-state index in [9.17, 15) is 4.79 Å². The molecule has 0 saturated heterocycles. The van der Waals surface area contributed by atoms with E-state index >= 15 is 0 Å². The zero-order chi connectivity index (χ0) is 10.1. The third-order valence-corrected chi connectivity index (χ3v) is 2.18. The molecule has 1 aliphatic carbocycles. The molecule has 0 bridgehead atoms. The lowest BCUT2D eigenvalue weighted by Crippen LogP contribution is -2.21. The highest BCUT2D eigenvalue weighted by molar-refractivity contribution is 6.01. The minimum absolute atomic E-state index is 0.00130. The molecule has 0 unspecified atom stereocenters. The van der Waals surface area contributed by atoms with E-state index in [0.717, 1.165) is 11.1 Å². The van der Waals surface area contributed by atoms with Crippen LogP contribution < -0.4 is 0 Å². The summed E-state index contributed by atoms with van der Waals surface area (Å²) in [5.41, 5.74) is 2.59. The van der Waals surface area contributed by atoms with Crippen LogP contribution in [-0.4, -0.2) is 24.9 Å². The van der Waals surface area contributed by atoms with E-state index < -0.39 is 0 Å². The third-order valence-electron chi connectivity index (χ3n) is 2.18. The fraction of sp³-hybridized carbons (Fsp3) is 0.182. The van der Waals surface area contributed by atoms with Crippen molar-refractivity contribution < 1.29 is 9.21 Å². The number of fused-ring (bicyclic) bond motifs is 1. The molecular weight excluding hydrogens is 178 g/mol. The number of carbonyl (C=O) groups is 1. The van der Waals surface area contributed by atoms with Crippen LogP contribution >= 0.6 is 0 Å². The highest BCUT2D eigenvalue weighted by Gasteiger charge is 2.17. The third kappa shape index (κ3) is 1.27. The van der Waals surface area contributed by atoms with Gasteiger partial charge in [-0.3, -0.25) is 4.79 Å². The summed E-state index contributed by atoms with van der Waals surface area (Å²) in [5.74, 6) is 0.00130. The molecule has 0 aromatic carbocycles. The smallest absolute Gasteiger partial charge is 0.254 e. The van der Waals surface area contributed by atoms with Gasteiger partial charge in [0.05, 0.1) is 18.1 Å². The van der Waals surface area contributed by atoms with E-state index in [1.165, 1.54) is 0 Å². The topological polar surface area (TPSA) is 33.5 Å². The Kier molecular flexibility index (Phi) is 2.00. The molecule has 0 fully saturated rings. The van der Waals surface area contributed by atoms with E-state index in [-0.39, 0.29) is 5.91 Å². The Morgan fingerprint density at radius 2 is 2.07 bits per heavy atom. The molecule has 0 aromatic rings. The Labute approximate surface area is 82.3 Å². The van der Waals surface area contributed by atoms with Gasteiger partial charge in [-0.05, 0) is 17.7 Å². The van der Waals surface area contributed by atoms with Crippen molar-refractivity contribution in [2.45, 2.75) is 0 Å². The molecule has 2 rings (SSSR count). The molecule has 72 valence electrons. The fourth-order valence-electron chi connectivity index (χ4n) is 1.43. The molecule has 3 heteroatoms. The molecule has 1 heterocycles. The highest BCUT2D eigenvalue weighted by Crippen LogP contribution is 2.27. The Morgan fingerprint density at radius 1 is 1.29 bits per heavy atom. The van der Waals surface area contributed by atoms with Crippen molar-refractivity contribution in [3.8, 4) is 11.1 Å². The van der Waals surface area contributed by atoms with E-state index in [4.69, 9.17) is 4.42 Å². The molecule has 0 saturated carbocycles. The molecule has 1 amide bonds. The van der Waals surface area contributed by atoms with Gasteiger partial charge in [-0.25, -0.2) is 0 Å². The number of amides is 1. The van der Waals surface area contributed by atoms with Crippen molar-refractivity contribution in [1.82, 2.24) is 4.90 Å². The van der Waals surface area contributed by atoms with Crippen molar-refractivity contribution >= 4 is 5.91 Å². The monoisotopic (exact) mass is 189 g/mol. The number of hydrogen-bond donors (Lipinski definition) is 0. The van der Waals surface area contributed by atoms with Crippen LogP contribution in [0.2, 0.25) is 0 Å². The maximum atomic E-state index is 11.7. The summed E-state index contributed by atoms with van der Waals surface area (Å²) in [6.45, 7) is 0. The SMILES string of the molecule is CN(C)C(=O)c1ccc2ccocc1-2. The average Bonchev–Trinajstić information content (AvgIpc) is 2.60. The van der Waals surface area contributed by atoms with Crippen LogP contribution in [0.3, 0.4) is 0 Å². The molecule has 0 spiro atoms. The molecular formula is C11H11NO2. The zero-order valence-corrected chi connectivity index (χ0v) is 8.15. The Hall–Kier alpha value is -1.77. The summed E-state index contributed by atoms with van der Waals surface area (Å²) in [5, 5.41) is 0. The molecule has 0 N–H and O–H groups in total. The number of hydrogen-bond acceptors (Lipinski definition) is 2. The first-order chi connectivity index (χ1) is 6.70. The first kappa shape index (κ1) is 8.81. The lowest BCUT2D eigenvalue weighted by molar-refractivity contribution is 0.0828. The highest BCUT2D eigenvalue weighted by atomic mass is 16.3. The summed E-state index contributed by atoms with van der Waals surface area (Å²) in [6.07, 6.45) is 3.21. The van der Waals surface area contributed by atoms with Crippen LogP contribution in [0.4, 0.5) is 0 Å². The second-order valence-electron chi connectivity index (χ2n) is 3.37. The predicted octanol–water partition coefficient (Wildman–Crippen LogP) is 2.09. The summed E-state index contributed by atoms with van der Waals surface area (Å²) in [7, 11) is 3.47. The van der Waals surface area contributed by atoms with Gasteiger partial charge in [0.1, 0.15) is 0 Å². The Bertz CT molecular complexity index is 431. The predicted molar refractivity (Wildman–Crippen MR) is 53.3 cm³/mol. The van der Waals surface area contributed by atoms with E-state index in [2.05, 4.69) is 0 Å².